The van der Waals surface area contributed by atoms with E-state index in [-0.39, 0.29) is 23.7 Å². The second kappa shape index (κ2) is 6.57. The molecule has 26 heavy (non-hydrogen) atoms. The minimum absolute atomic E-state index is 0.117. The number of para-hydroxylation sites is 1. The standard InChI is InChI=1S/C19H22N4O3/c1-12-10-14-6-3-4-7-15(14)23-17(12)21-22(19(23)25)11-13(2)20-18(24)16-8-5-9-26-16/h3-4,6-7,10,13,16H,5,8-9,11H2,1-2H3,(H,20,24). The summed E-state index contributed by atoms with van der Waals surface area (Å²) in [7, 11) is 0. The fourth-order valence-electron chi connectivity index (χ4n) is 3.54. The van der Waals surface area contributed by atoms with Crippen LogP contribution < -0.4 is 11.0 Å². The van der Waals surface area contributed by atoms with Gasteiger partial charge in [-0.1, -0.05) is 18.2 Å². The number of amides is 1. The van der Waals surface area contributed by atoms with Gasteiger partial charge in [0.15, 0.2) is 5.65 Å². The third-order valence-electron chi connectivity index (χ3n) is 4.80. The van der Waals surface area contributed by atoms with E-state index in [0.717, 1.165) is 29.3 Å². The lowest BCUT2D eigenvalue weighted by Crippen LogP contribution is -2.43. The highest BCUT2D eigenvalue weighted by Gasteiger charge is 2.25. The van der Waals surface area contributed by atoms with Gasteiger partial charge in [-0.15, -0.1) is 5.10 Å². The Bertz CT molecular complexity index is 1030. The summed E-state index contributed by atoms with van der Waals surface area (Å²) in [6.07, 6.45) is 1.28. The van der Waals surface area contributed by atoms with Crippen LogP contribution in [-0.2, 0) is 16.1 Å². The predicted octanol–water partition coefficient (Wildman–Crippen LogP) is 1.64. The van der Waals surface area contributed by atoms with Crippen molar-refractivity contribution in [1.29, 1.82) is 0 Å². The Hall–Kier alpha value is -2.67. The average Bonchev–Trinajstić information content (AvgIpc) is 3.25. The van der Waals surface area contributed by atoms with Crippen molar-refractivity contribution in [3.8, 4) is 0 Å². The summed E-state index contributed by atoms with van der Waals surface area (Å²) in [6, 6.07) is 9.57. The van der Waals surface area contributed by atoms with Crippen molar-refractivity contribution < 1.29 is 9.53 Å². The van der Waals surface area contributed by atoms with Crippen molar-refractivity contribution >= 4 is 22.5 Å². The van der Waals surface area contributed by atoms with Gasteiger partial charge < -0.3 is 10.1 Å². The normalized spacial score (nSPS) is 18.5. The van der Waals surface area contributed by atoms with Crippen LogP contribution in [0.5, 0.6) is 0 Å². The van der Waals surface area contributed by atoms with E-state index < -0.39 is 0 Å². The Kier molecular flexibility index (Phi) is 4.24. The monoisotopic (exact) mass is 354 g/mol. The van der Waals surface area contributed by atoms with Crippen LogP contribution in [0.25, 0.3) is 16.6 Å². The Morgan fingerprint density at radius 2 is 2.23 bits per heavy atom. The van der Waals surface area contributed by atoms with E-state index in [9.17, 15) is 9.59 Å². The molecule has 0 aliphatic carbocycles. The molecule has 3 aromatic rings. The maximum atomic E-state index is 12.9. The molecule has 1 aliphatic heterocycles. The zero-order chi connectivity index (χ0) is 18.3. The number of rotatable bonds is 4. The van der Waals surface area contributed by atoms with Crippen LogP contribution in [0.15, 0.2) is 35.1 Å². The van der Waals surface area contributed by atoms with Gasteiger partial charge in [-0.25, -0.2) is 13.9 Å². The molecule has 1 amide bonds. The summed E-state index contributed by atoms with van der Waals surface area (Å²) in [6.45, 7) is 4.76. The Labute approximate surface area is 150 Å². The molecular weight excluding hydrogens is 332 g/mol. The van der Waals surface area contributed by atoms with Gasteiger partial charge in [-0.3, -0.25) is 4.79 Å². The first-order valence-corrected chi connectivity index (χ1v) is 8.94. The van der Waals surface area contributed by atoms with Crippen LogP contribution in [0.2, 0.25) is 0 Å². The number of pyridine rings is 1. The molecule has 1 N–H and O–H groups in total. The topological polar surface area (TPSA) is 77.6 Å². The first kappa shape index (κ1) is 16.8. The van der Waals surface area contributed by atoms with E-state index in [0.29, 0.717) is 18.8 Å². The number of carbonyl (C=O) groups is 1. The number of aryl methyl sites for hydroxylation is 1. The molecule has 7 nitrogen and oxygen atoms in total. The zero-order valence-corrected chi connectivity index (χ0v) is 14.9. The highest BCUT2D eigenvalue weighted by molar-refractivity contribution is 5.83. The quantitative estimate of drug-likeness (QED) is 0.773. The maximum Gasteiger partial charge on any atom is 0.350 e. The first-order chi connectivity index (χ1) is 12.5. The first-order valence-electron chi connectivity index (χ1n) is 8.94. The van der Waals surface area contributed by atoms with E-state index in [1.165, 1.54) is 4.68 Å². The van der Waals surface area contributed by atoms with Gasteiger partial charge in [0, 0.05) is 12.6 Å². The van der Waals surface area contributed by atoms with Crippen LogP contribution in [0.3, 0.4) is 0 Å². The highest BCUT2D eigenvalue weighted by Crippen LogP contribution is 2.18. The molecule has 4 rings (SSSR count). The lowest BCUT2D eigenvalue weighted by Gasteiger charge is -2.16. The number of aromatic nitrogens is 3. The smallest absolute Gasteiger partial charge is 0.350 e. The molecule has 1 aliphatic rings. The number of nitrogens with one attached hydrogen (secondary N) is 1. The van der Waals surface area contributed by atoms with Crippen molar-refractivity contribution in [2.24, 2.45) is 0 Å². The summed E-state index contributed by atoms with van der Waals surface area (Å²) in [5, 5.41) is 8.41. The fourth-order valence-corrected chi connectivity index (χ4v) is 3.54. The Morgan fingerprint density at radius 1 is 1.42 bits per heavy atom. The summed E-state index contributed by atoms with van der Waals surface area (Å²) in [5.74, 6) is -0.117. The molecular formula is C19H22N4O3. The third-order valence-corrected chi connectivity index (χ3v) is 4.80. The number of carbonyl (C=O) groups excluding carboxylic acids is 1. The molecule has 0 bridgehead atoms. The minimum Gasteiger partial charge on any atom is -0.368 e. The SMILES string of the molecule is Cc1cc2ccccc2n2c(=O)n(CC(C)NC(=O)C3CCCO3)nc12. The highest BCUT2D eigenvalue weighted by atomic mass is 16.5. The largest absolute Gasteiger partial charge is 0.368 e. The summed E-state index contributed by atoms with van der Waals surface area (Å²) >= 11 is 0. The lowest BCUT2D eigenvalue weighted by molar-refractivity contribution is -0.130. The van der Waals surface area contributed by atoms with Crippen LogP contribution in [0.1, 0.15) is 25.3 Å². The van der Waals surface area contributed by atoms with Gasteiger partial charge in [0.2, 0.25) is 5.91 Å². The third kappa shape index (κ3) is 2.88. The van der Waals surface area contributed by atoms with Gasteiger partial charge in [0.25, 0.3) is 0 Å². The molecule has 3 heterocycles. The molecule has 0 saturated carbocycles. The molecule has 1 fully saturated rings. The number of hydrogen-bond donors (Lipinski definition) is 1. The fraction of sp³-hybridized carbons (Fsp3) is 0.421. The van der Waals surface area contributed by atoms with Crippen molar-refractivity contribution in [3.63, 3.8) is 0 Å². The van der Waals surface area contributed by atoms with E-state index in [2.05, 4.69) is 10.4 Å². The molecule has 2 unspecified atom stereocenters. The second-order valence-corrected chi connectivity index (χ2v) is 6.92. The average molecular weight is 354 g/mol. The number of benzene rings is 1. The van der Waals surface area contributed by atoms with Crippen molar-refractivity contribution in [2.45, 2.75) is 45.4 Å². The van der Waals surface area contributed by atoms with Gasteiger partial charge in [-0.05, 0) is 49.8 Å². The number of fused-ring (bicyclic) bond motifs is 3. The van der Waals surface area contributed by atoms with Gasteiger partial charge >= 0.3 is 5.69 Å². The second-order valence-electron chi connectivity index (χ2n) is 6.92. The zero-order valence-electron chi connectivity index (χ0n) is 14.9. The maximum absolute atomic E-state index is 12.9. The molecule has 2 atom stereocenters. The number of hydrogen-bond acceptors (Lipinski definition) is 4. The van der Waals surface area contributed by atoms with Crippen LogP contribution in [0.4, 0.5) is 0 Å². The van der Waals surface area contributed by atoms with E-state index in [1.807, 2.05) is 44.2 Å². The van der Waals surface area contributed by atoms with Crippen molar-refractivity contribution in [1.82, 2.24) is 19.5 Å². The summed E-state index contributed by atoms with van der Waals surface area (Å²) in [5.41, 5.74) is 2.22. The molecule has 0 spiro atoms. The Balaban J connectivity index is 1.63. The molecule has 1 aromatic carbocycles. The van der Waals surface area contributed by atoms with E-state index in [1.54, 1.807) is 4.40 Å². The van der Waals surface area contributed by atoms with Crippen LogP contribution >= 0.6 is 0 Å². The summed E-state index contributed by atoms with van der Waals surface area (Å²) in [4.78, 5) is 25.1. The molecule has 0 radical (unpaired) electrons. The van der Waals surface area contributed by atoms with E-state index >= 15 is 0 Å². The molecule has 136 valence electrons. The van der Waals surface area contributed by atoms with Gasteiger partial charge in [0.05, 0.1) is 12.1 Å². The van der Waals surface area contributed by atoms with Crippen LogP contribution in [0, 0.1) is 6.92 Å². The number of ether oxygens (including phenoxy) is 1. The molecule has 2 aromatic heterocycles. The van der Waals surface area contributed by atoms with Gasteiger partial charge in [-0.2, -0.15) is 0 Å². The summed E-state index contributed by atoms with van der Waals surface area (Å²) < 4.78 is 8.47. The van der Waals surface area contributed by atoms with E-state index in [4.69, 9.17) is 4.74 Å². The van der Waals surface area contributed by atoms with Gasteiger partial charge in [0.1, 0.15) is 6.10 Å². The lowest BCUT2D eigenvalue weighted by atomic mass is 10.1. The van der Waals surface area contributed by atoms with Crippen molar-refractivity contribution in [3.05, 3.63) is 46.4 Å². The van der Waals surface area contributed by atoms with Crippen LogP contribution in [-0.4, -0.2) is 38.8 Å². The Morgan fingerprint density at radius 3 is 3.00 bits per heavy atom. The molecule has 1 saturated heterocycles. The predicted molar refractivity (Wildman–Crippen MR) is 98.3 cm³/mol. The molecule has 7 heteroatoms. The van der Waals surface area contributed by atoms with Crippen molar-refractivity contribution in [2.75, 3.05) is 6.61 Å². The number of nitrogens with zero attached hydrogens (tertiary/aromatic N) is 3. The minimum atomic E-state index is -0.374.